The van der Waals surface area contributed by atoms with Crippen molar-refractivity contribution < 1.29 is 19.1 Å². The molecule has 4 aliphatic rings. The molecule has 0 radical (unpaired) electrons. The van der Waals surface area contributed by atoms with Crippen molar-refractivity contribution in [3.8, 4) is 5.75 Å². The number of esters is 1. The molecule has 1 amide bonds. The number of methoxy groups -OCH3 is 1. The minimum Gasteiger partial charge on any atom is -0.492 e. The van der Waals surface area contributed by atoms with E-state index in [4.69, 9.17) is 32.7 Å². The second-order valence-electron chi connectivity index (χ2n) is 8.81. The normalized spacial score (nSPS) is 30.2. The maximum absolute atomic E-state index is 13.0. The quantitative estimate of drug-likeness (QED) is 0.474. The molecule has 2 saturated carbocycles. The van der Waals surface area contributed by atoms with Crippen molar-refractivity contribution in [3.63, 3.8) is 0 Å². The Balaban J connectivity index is 1.34. The van der Waals surface area contributed by atoms with Crippen molar-refractivity contribution in [2.45, 2.75) is 51.0 Å². The van der Waals surface area contributed by atoms with E-state index < -0.39 is 0 Å². The minimum atomic E-state index is -0.380. The fourth-order valence-corrected chi connectivity index (χ4v) is 6.27. The van der Waals surface area contributed by atoms with E-state index in [1.165, 1.54) is 7.11 Å². The third-order valence-electron chi connectivity index (χ3n) is 6.78. The van der Waals surface area contributed by atoms with Gasteiger partial charge in [0, 0.05) is 24.0 Å². The molecule has 158 valence electrons. The molecule has 4 unspecified atom stereocenters. The van der Waals surface area contributed by atoms with E-state index >= 15 is 0 Å². The first-order chi connectivity index (χ1) is 13.9. The topological polar surface area (TPSA) is 55.8 Å². The van der Waals surface area contributed by atoms with Crippen LogP contribution in [0.25, 0.3) is 0 Å². The number of halogens is 2. The average molecular weight is 440 g/mol. The molecular weight excluding hydrogens is 413 g/mol. The third-order valence-corrected chi connectivity index (χ3v) is 7.31. The Bertz CT molecular complexity index is 801. The van der Waals surface area contributed by atoms with Gasteiger partial charge in [-0.3, -0.25) is 9.59 Å². The standard InChI is InChI=1S/C22H27Cl2NO4/c1-28-21(27)22-10-14-7-15(11-22)13-25(17(8-14)12-22)20(26)3-2-6-29-19-5-4-16(23)9-18(19)24/h4-5,9,14-15,17H,2-3,6-8,10-13H2,1H3. The molecule has 5 nitrogen and oxygen atoms in total. The molecule has 2 heterocycles. The van der Waals surface area contributed by atoms with E-state index in [2.05, 4.69) is 0 Å². The molecule has 2 aliphatic heterocycles. The maximum Gasteiger partial charge on any atom is 0.311 e. The van der Waals surface area contributed by atoms with Gasteiger partial charge in [0.1, 0.15) is 5.75 Å². The molecule has 5 rings (SSSR count). The van der Waals surface area contributed by atoms with Crippen molar-refractivity contribution in [1.82, 2.24) is 4.90 Å². The Labute approximate surface area is 181 Å². The van der Waals surface area contributed by atoms with Crippen LogP contribution in [0.4, 0.5) is 0 Å². The van der Waals surface area contributed by atoms with Crippen LogP contribution in [0, 0.1) is 17.3 Å². The molecule has 1 aromatic carbocycles. The summed E-state index contributed by atoms with van der Waals surface area (Å²) in [6.45, 7) is 1.19. The molecule has 0 aromatic heterocycles. The zero-order valence-corrected chi connectivity index (χ0v) is 18.2. The van der Waals surface area contributed by atoms with E-state index in [0.29, 0.717) is 47.1 Å². The first-order valence-electron chi connectivity index (χ1n) is 10.4. The van der Waals surface area contributed by atoms with Crippen molar-refractivity contribution in [1.29, 1.82) is 0 Å². The minimum absolute atomic E-state index is 0.0838. The summed E-state index contributed by atoms with van der Waals surface area (Å²) in [6.07, 6.45) is 5.71. The highest BCUT2D eigenvalue weighted by Gasteiger charge is 2.55. The highest BCUT2D eigenvalue weighted by Crippen LogP contribution is 2.55. The fourth-order valence-electron chi connectivity index (χ4n) is 5.81. The van der Waals surface area contributed by atoms with Gasteiger partial charge in [0.05, 0.1) is 24.2 Å². The molecule has 29 heavy (non-hydrogen) atoms. The summed E-state index contributed by atoms with van der Waals surface area (Å²) in [5.41, 5.74) is -0.380. The lowest BCUT2D eigenvalue weighted by molar-refractivity contribution is -0.160. The van der Waals surface area contributed by atoms with Gasteiger partial charge >= 0.3 is 5.97 Å². The third kappa shape index (κ3) is 4.22. The summed E-state index contributed by atoms with van der Waals surface area (Å²) >= 11 is 12.0. The molecule has 0 N–H and O–H groups in total. The van der Waals surface area contributed by atoms with Crippen LogP contribution in [0.2, 0.25) is 10.0 Å². The van der Waals surface area contributed by atoms with E-state index in [0.717, 1.165) is 38.6 Å². The lowest BCUT2D eigenvalue weighted by Crippen LogP contribution is -2.48. The predicted molar refractivity (Wildman–Crippen MR) is 111 cm³/mol. The van der Waals surface area contributed by atoms with Gasteiger partial charge in [-0.2, -0.15) is 0 Å². The summed E-state index contributed by atoms with van der Waals surface area (Å²) in [5, 5.41) is 1.03. The van der Waals surface area contributed by atoms with Gasteiger partial charge in [0.25, 0.3) is 0 Å². The van der Waals surface area contributed by atoms with E-state index in [-0.39, 0.29) is 23.3 Å². The zero-order valence-electron chi connectivity index (χ0n) is 16.7. The molecule has 2 aliphatic carbocycles. The highest BCUT2D eigenvalue weighted by molar-refractivity contribution is 6.35. The van der Waals surface area contributed by atoms with Crippen LogP contribution in [0.5, 0.6) is 5.75 Å². The van der Waals surface area contributed by atoms with Crippen LogP contribution in [-0.4, -0.2) is 43.1 Å². The van der Waals surface area contributed by atoms with Gasteiger partial charge in [-0.1, -0.05) is 23.2 Å². The summed E-state index contributed by atoms with van der Waals surface area (Å²) in [6, 6.07) is 5.26. The molecule has 4 atom stereocenters. The van der Waals surface area contributed by atoms with Crippen LogP contribution in [0.3, 0.4) is 0 Å². The van der Waals surface area contributed by atoms with Crippen molar-refractivity contribution >= 4 is 35.1 Å². The zero-order chi connectivity index (χ0) is 20.6. The fraction of sp³-hybridized carbons (Fsp3) is 0.636. The van der Waals surface area contributed by atoms with Gasteiger partial charge in [-0.25, -0.2) is 0 Å². The first kappa shape index (κ1) is 20.8. The summed E-state index contributed by atoms with van der Waals surface area (Å²) in [5.74, 6) is 1.58. The van der Waals surface area contributed by atoms with Gasteiger partial charge in [-0.15, -0.1) is 0 Å². The van der Waals surface area contributed by atoms with Gasteiger partial charge in [0.15, 0.2) is 0 Å². The lowest BCUT2D eigenvalue weighted by Gasteiger charge is -2.46. The Morgan fingerprint density at radius 3 is 2.72 bits per heavy atom. The van der Waals surface area contributed by atoms with E-state index in [9.17, 15) is 9.59 Å². The van der Waals surface area contributed by atoms with Crippen LogP contribution in [0.1, 0.15) is 44.9 Å². The number of benzene rings is 1. The predicted octanol–water partition coefficient (Wildman–Crippen LogP) is 4.73. The Morgan fingerprint density at radius 2 is 1.97 bits per heavy atom. The SMILES string of the molecule is COC(=O)C12CC3CC(CN(C(=O)CCCOc4ccc(Cl)cc4Cl)C(C3)C1)C2. The van der Waals surface area contributed by atoms with Crippen molar-refractivity contribution in [2.24, 2.45) is 17.3 Å². The van der Waals surface area contributed by atoms with Crippen LogP contribution in [0.15, 0.2) is 18.2 Å². The lowest BCUT2D eigenvalue weighted by atomic mass is 9.59. The van der Waals surface area contributed by atoms with E-state index in [1.54, 1.807) is 18.2 Å². The molecule has 1 aromatic rings. The summed E-state index contributed by atoms with van der Waals surface area (Å²) < 4.78 is 10.9. The number of fused-ring (bicyclic) bond motifs is 1. The van der Waals surface area contributed by atoms with Gasteiger partial charge in [0.2, 0.25) is 5.91 Å². The molecular formula is C22H27Cl2NO4. The Kier molecular flexibility index (Phi) is 5.99. The summed E-state index contributed by atoms with van der Waals surface area (Å²) in [4.78, 5) is 27.6. The smallest absolute Gasteiger partial charge is 0.311 e. The largest absolute Gasteiger partial charge is 0.492 e. The number of ether oxygens (including phenoxy) is 2. The summed E-state index contributed by atoms with van der Waals surface area (Å²) in [7, 11) is 1.48. The average Bonchev–Trinajstić information content (AvgIpc) is 2.88. The van der Waals surface area contributed by atoms with Crippen molar-refractivity contribution in [3.05, 3.63) is 28.2 Å². The number of hydrogen-bond acceptors (Lipinski definition) is 4. The molecule has 7 heteroatoms. The molecule has 0 spiro atoms. The number of nitrogens with zero attached hydrogens (tertiary/aromatic N) is 1. The van der Waals surface area contributed by atoms with Crippen LogP contribution >= 0.6 is 23.2 Å². The first-order valence-corrected chi connectivity index (χ1v) is 11.1. The maximum atomic E-state index is 13.0. The van der Waals surface area contributed by atoms with Crippen LogP contribution < -0.4 is 4.74 Å². The monoisotopic (exact) mass is 439 g/mol. The Morgan fingerprint density at radius 1 is 1.17 bits per heavy atom. The number of carbonyl (C=O) groups excluding carboxylic acids is 2. The van der Waals surface area contributed by atoms with E-state index in [1.807, 2.05) is 4.90 Å². The molecule has 4 bridgehead atoms. The molecule has 2 saturated heterocycles. The van der Waals surface area contributed by atoms with Gasteiger partial charge < -0.3 is 14.4 Å². The number of rotatable bonds is 6. The number of hydrogen-bond donors (Lipinski definition) is 0. The van der Waals surface area contributed by atoms with Crippen molar-refractivity contribution in [2.75, 3.05) is 20.3 Å². The van der Waals surface area contributed by atoms with Crippen LogP contribution in [-0.2, 0) is 14.3 Å². The Hall–Kier alpha value is -1.46. The second-order valence-corrected chi connectivity index (χ2v) is 9.66. The second kappa shape index (κ2) is 8.35. The molecule has 4 fully saturated rings. The number of carbonyl (C=O) groups is 2. The highest BCUT2D eigenvalue weighted by atomic mass is 35.5. The number of amides is 1. The van der Waals surface area contributed by atoms with Gasteiger partial charge in [-0.05, 0) is 68.6 Å².